The van der Waals surface area contributed by atoms with E-state index >= 15 is 0 Å². The number of nitrogens with two attached hydrogens (primary N) is 1. The summed E-state index contributed by atoms with van der Waals surface area (Å²) in [4.78, 5) is 0. The highest BCUT2D eigenvalue weighted by Gasteiger charge is 2.11. The van der Waals surface area contributed by atoms with Crippen LogP contribution in [0.25, 0.3) is 0 Å². The first kappa shape index (κ1) is 12.5. The van der Waals surface area contributed by atoms with E-state index < -0.39 is 0 Å². The number of thioether (sulfide) groups is 1. The van der Waals surface area contributed by atoms with Crippen LogP contribution < -0.4 is 5.73 Å². The molecule has 0 aliphatic carbocycles. The smallest absolute Gasteiger partial charge is 0.0533 e. The van der Waals surface area contributed by atoms with Crippen molar-refractivity contribution in [3.05, 3.63) is 18.0 Å². The molecule has 86 valence electrons. The number of methoxy groups -OCH3 is 1. The van der Waals surface area contributed by atoms with E-state index in [1.54, 1.807) is 7.11 Å². The van der Waals surface area contributed by atoms with E-state index in [1.807, 2.05) is 35.9 Å². The summed E-state index contributed by atoms with van der Waals surface area (Å²) in [6.45, 7) is 1.47. The summed E-state index contributed by atoms with van der Waals surface area (Å²) in [5.74, 6) is 1.07. The molecule has 1 heterocycles. The molecular formula is C10H19N3OS. The van der Waals surface area contributed by atoms with Crippen LogP contribution in [0.4, 0.5) is 0 Å². The zero-order valence-corrected chi connectivity index (χ0v) is 10.2. The Kier molecular flexibility index (Phi) is 5.75. The van der Waals surface area contributed by atoms with Gasteiger partial charge in [-0.1, -0.05) is 0 Å². The van der Waals surface area contributed by atoms with Crippen molar-refractivity contribution < 1.29 is 4.74 Å². The third-order valence-corrected chi connectivity index (χ3v) is 3.51. The molecule has 0 aliphatic heterocycles. The third kappa shape index (κ3) is 4.24. The fourth-order valence-electron chi connectivity index (χ4n) is 1.34. The molecule has 0 radical (unpaired) electrons. The van der Waals surface area contributed by atoms with Crippen LogP contribution in [0.15, 0.2) is 12.4 Å². The van der Waals surface area contributed by atoms with Crippen LogP contribution in [0.1, 0.15) is 17.2 Å². The van der Waals surface area contributed by atoms with E-state index in [1.165, 1.54) is 5.56 Å². The van der Waals surface area contributed by atoms with Crippen LogP contribution in [0.2, 0.25) is 0 Å². The third-order valence-electron chi connectivity index (χ3n) is 2.12. The summed E-state index contributed by atoms with van der Waals surface area (Å²) in [6, 6.07) is 0. The van der Waals surface area contributed by atoms with E-state index in [-0.39, 0.29) is 0 Å². The lowest BCUT2D eigenvalue weighted by atomic mass is 10.2. The number of hydrogen-bond donors (Lipinski definition) is 1. The molecule has 0 amide bonds. The van der Waals surface area contributed by atoms with Crippen molar-refractivity contribution in [1.82, 2.24) is 9.78 Å². The average molecular weight is 229 g/mol. The molecule has 5 heteroatoms. The Morgan fingerprint density at radius 1 is 1.67 bits per heavy atom. The number of ether oxygens (including phenoxy) is 1. The molecule has 1 aromatic heterocycles. The number of nitrogens with zero attached hydrogens (tertiary/aromatic N) is 2. The molecule has 1 aromatic rings. The second-order valence-corrected chi connectivity index (χ2v) is 4.70. The summed E-state index contributed by atoms with van der Waals surface area (Å²) >= 11 is 1.87. The van der Waals surface area contributed by atoms with Crippen molar-refractivity contribution in [2.24, 2.45) is 12.8 Å². The first-order valence-electron chi connectivity index (χ1n) is 5.07. The van der Waals surface area contributed by atoms with Gasteiger partial charge in [0.05, 0.1) is 6.20 Å². The Morgan fingerprint density at radius 2 is 2.47 bits per heavy atom. The highest BCUT2D eigenvalue weighted by Crippen LogP contribution is 2.27. The van der Waals surface area contributed by atoms with Gasteiger partial charge in [0.15, 0.2) is 0 Å². The molecule has 0 aliphatic rings. The standard InChI is InChI=1S/C10H19N3OS/c1-13-8-9(7-12-13)10(6-11)15-5-3-4-14-2/h7-8,10H,3-6,11H2,1-2H3. The number of rotatable bonds is 7. The SMILES string of the molecule is COCCCSC(CN)c1cnn(C)c1. The van der Waals surface area contributed by atoms with Gasteiger partial charge in [0.1, 0.15) is 0 Å². The van der Waals surface area contributed by atoms with Crippen LogP contribution in [0.5, 0.6) is 0 Å². The molecule has 0 fully saturated rings. The average Bonchev–Trinajstić information content (AvgIpc) is 2.65. The van der Waals surface area contributed by atoms with Crippen molar-refractivity contribution in [3.8, 4) is 0 Å². The van der Waals surface area contributed by atoms with Crippen molar-refractivity contribution in [3.63, 3.8) is 0 Å². The van der Waals surface area contributed by atoms with Gasteiger partial charge in [0, 0.05) is 44.3 Å². The molecule has 1 atom stereocenters. The highest BCUT2D eigenvalue weighted by atomic mass is 32.2. The van der Waals surface area contributed by atoms with E-state index in [9.17, 15) is 0 Å². The zero-order valence-electron chi connectivity index (χ0n) is 9.35. The Bertz CT molecular complexity index is 277. The van der Waals surface area contributed by atoms with Crippen LogP contribution in [0, 0.1) is 0 Å². The van der Waals surface area contributed by atoms with Gasteiger partial charge >= 0.3 is 0 Å². The maximum Gasteiger partial charge on any atom is 0.0533 e. The maximum absolute atomic E-state index is 5.74. The van der Waals surface area contributed by atoms with Gasteiger partial charge < -0.3 is 10.5 Å². The van der Waals surface area contributed by atoms with E-state index in [2.05, 4.69) is 5.10 Å². The molecular weight excluding hydrogens is 210 g/mol. The topological polar surface area (TPSA) is 53.1 Å². The Morgan fingerprint density at radius 3 is 3.00 bits per heavy atom. The first-order chi connectivity index (χ1) is 7.27. The zero-order chi connectivity index (χ0) is 11.1. The molecule has 0 saturated heterocycles. The summed E-state index contributed by atoms with van der Waals surface area (Å²) in [6.07, 6.45) is 4.99. The summed E-state index contributed by atoms with van der Waals surface area (Å²) < 4.78 is 6.82. The van der Waals surface area contributed by atoms with Gasteiger partial charge in [-0.15, -0.1) is 0 Å². The minimum atomic E-state index is 0.357. The predicted octanol–water partition coefficient (Wildman–Crippen LogP) is 1.19. The predicted molar refractivity (Wildman–Crippen MR) is 64.0 cm³/mol. The molecule has 1 rings (SSSR count). The van der Waals surface area contributed by atoms with Gasteiger partial charge in [-0.05, 0) is 12.2 Å². The molecule has 0 bridgehead atoms. The Labute approximate surface area is 95.2 Å². The quantitative estimate of drug-likeness (QED) is 0.714. The first-order valence-corrected chi connectivity index (χ1v) is 6.12. The lowest BCUT2D eigenvalue weighted by Crippen LogP contribution is -2.09. The number of aromatic nitrogens is 2. The molecule has 15 heavy (non-hydrogen) atoms. The van der Waals surface area contributed by atoms with Crippen molar-refractivity contribution in [2.45, 2.75) is 11.7 Å². The van der Waals surface area contributed by atoms with Crippen molar-refractivity contribution in [1.29, 1.82) is 0 Å². The van der Waals surface area contributed by atoms with Crippen LogP contribution >= 0.6 is 11.8 Å². The molecule has 1 unspecified atom stereocenters. The van der Waals surface area contributed by atoms with E-state index in [4.69, 9.17) is 10.5 Å². The fraction of sp³-hybridized carbons (Fsp3) is 0.700. The minimum absolute atomic E-state index is 0.357. The molecule has 4 nitrogen and oxygen atoms in total. The van der Waals surface area contributed by atoms with E-state index in [0.717, 1.165) is 18.8 Å². The van der Waals surface area contributed by atoms with Gasteiger partial charge in [0.25, 0.3) is 0 Å². The number of aryl methyl sites for hydroxylation is 1. The lowest BCUT2D eigenvalue weighted by molar-refractivity contribution is 0.200. The van der Waals surface area contributed by atoms with Crippen molar-refractivity contribution >= 4 is 11.8 Å². The normalized spacial score (nSPS) is 13.0. The van der Waals surface area contributed by atoms with Crippen LogP contribution in [-0.2, 0) is 11.8 Å². The summed E-state index contributed by atoms with van der Waals surface area (Å²) in [5, 5.41) is 4.51. The summed E-state index contributed by atoms with van der Waals surface area (Å²) in [5.41, 5.74) is 6.95. The molecule has 0 saturated carbocycles. The Balaban J connectivity index is 2.35. The lowest BCUT2D eigenvalue weighted by Gasteiger charge is -2.11. The van der Waals surface area contributed by atoms with Gasteiger partial charge in [-0.3, -0.25) is 4.68 Å². The molecule has 2 N–H and O–H groups in total. The summed E-state index contributed by atoms with van der Waals surface area (Å²) in [7, 11) is 3.65. The maximum atomic E-state index is 5.74. The van der Waals surface area contributed by atoms with Crippen LogP contribution in [-0.4, -0.2) is 35.8 Å². The van der Waals surface area contributed by atoms with E-state index in [0.29, 0.717) is 11.8 Å². The second kappa shape index (κ2) is 6.87. The van der Waals surface area contributed by atoms with Gasteiger partial charge in [-0.2, -0.15) is 16.9 Å². The minimum Gasteiger partial charge on any atom is -0.385 e. The fourth-order valence-corrected chi connectivity index (χ4v) is 2.35. The monoisotopic (exact) mass is 229 g/mol. The Hall–Kier alpha value is -0.520. The highest BCUT2D eigenvalue weighted by molar-refractivity contribution is 7.99. The number of hydrogen-bond acceptors (Lipinski definition) is 4. The van der Waals surface area contributed by atoms with Gasteiger partial charge in [0.2, 0.25) is 0 Å². The van der Waals surface area contributed by atoms with Crippen LogP contribution in [0.3, 0.4) is 0 Å². The van der Waals surface area contributed by atoms with Crippen molar-refractivity contribution in [2.75, 3.05) is 26.0 Å². The molecule has 0 spiro atoms. The van der Waals surface area contributed by atoms with Gasteiger partial charge in [-0.25, -0.2) is 0 Å². The largest absolute Gasteiger partial charge is 0.385 e. The molecule has 0 aromatic carbocycles. The second-order valence-electron chi connectivity index (χ2n) is 3.39.